The van der Waals surface area contributed by atoms with Crippen molar-refractivity contribution in [2.45, 2.75) is 38.9 Å². The van der Waals surface area contributed by atoms with Crippen LogP contribution in [-0.4, -0.2) is 98.1 Å². The smallest absolute Gasteiger partial charge is 0.399 e. The molecular formula is C79H62BBr2N21O2. The summed E-state index contributed by atoms with van der Waals surface area (Å²) in [5.41, 5.74) is 38.9. The number of nitrogen functional groups attached to an aromatic ring is 4. The van der Waals surface area contributed by atoms with Crippen LogP contribution in [0.5, 0.6) is 0 Å². The number of halogens is 2. The molecule has 8 aromatic heterocycles. The molecule has 1 fully saturated rings. The third kappa shape index (κ3) is 16.4. The van der Waals surface area contributed by atoms with Crippen molar-refractivity contribution < 1.29 is 9.31 Å². The molecule has 0 aliphatic carbocycles. The van der Waals surface area contributed by atoms with Crippen LogP contribution >= 0.6 is 31.9 Å². The summed E-state index contributed by atoms with van der Waals surface area (Å²) >= 11 is 6.71. The van der Waals surface area contributed by atoms with Gasteiger partial charge in [-0.05, 0) is 107 Å². The number of hydrogen-bond donors (Lipinski definition) is 4. The van der Waals surface area contributed by atoms with Gasteiger partial charge in [0.1, 0.15) is 57.9 Å². The molecule has 105 heavy (non-hydrogen) atoms. The molecule has 26 heteroatoms. The lowest BCUT2D eigenvalue weighted by Crippen LogP contribution is -2.41. The van der Waals surface area contributed by atoms with Crippen LogP contribution in [0.3, 0.4) is 0 Å². The fourth-order valence-corrected chi connectivity index (χ4v) is 11.7. The third-order valence-electron chi connectivity index (χ3n) is 17.0. The number of hydrogen-bond acceptors (Lipinski definition) is 23. The number of aromatic nitrogens is 16. The molecule has 0 amide bonds. The number of fused-ring (bicyclic) bond motifs is 4. The Hall–Kier alpha value is -12.9. The van der Waals surface area contributed by atoms with Crippen LogP contribution in [-0.2, 0) is 9.31 Å². The topological polar surface area (TPSA) is 353 Å². The summed E-state index contributed by atoms with van der Waals surface area (Å²) in [6.07, 6.45) is 16.4. The predicted molar refractivity (Wildman–Crippen MR) is 418 cm³/mol. The SMILES string of the molecule is CC1(C)OB(c2ccc3ncncc3c2)OC1(C)C.N#Cc1nc(-c2ccc3ncncc3c2)c(-c2ccccc2)nc1N.Nc1cnc(-c2ccc3ncncc3c2)c(-c2ccccc2)n1.Nc1cnc(Br)c(-c2ccccc2)n1.Nc1nc(-c2ccccc2)c(-c2ccc3ncncc3c2)nc1Br. The number of nitrogens with two attached hydrogens (primary N) is 4. The highest BCUT2D eigenvalue weighted by Crippen LogP contribution is 2.38. The predicted octanol–water partition coefficient (Wildman–Crippen LogP) is 15.1. The largest absolute Gasteiger partial charge is 0.494 e. The lowest BCUT2D eigenvalue weighted by molar-refractivity contribution is 0.00578. The van der Waals surface area contributed by atoms with Gasteiger partial charge in [-0.2, -0.15) is 5.26 Å². The first-order chi connectivity index (χ1) is 50.9. The minimum absolute atomic E-state index is 0.110. The Morgan fingerprint density at radius 3 is 1.13 bits per heavy atom. The molecule has 17 rings (SSSR count). The fourth-order valence-electron chi connectivity index (χ4n) is 11.1. The molecule has 16 aromatic rings. The van der Waals surface area contributed by atoms with Gasteiger partial charge in [-0.1, -0.05) is 152 Å². The molecule has 9 heterocycles. The molecule has 1 aliphatic rings. The maximum atomic E-state index is 9.27. The van der Waals surface area contributed by atoms with Crippen LogP contribution in [0.25, 0.3) is 122 Å². The molecule has 1 aliphatic heterocycles. The number of nitrogens with zero attached hydrogens (tertiary/aromatic N) is 17. The zero-order valence-corrected chi connectivity index (χ0v) is 60.0. The van der Waals surface area contributed by atoms with Gasteiger partial charge < -0.3 is 32.2 Å². The summed E-state index contributed by atoms with van der Waals surface area (Å²) in [6, 6.07) is 64.8. The summed E-state index contributed by atoms with van der Waals surface area (Å²) in [4.78, 5) is 68.5. The van der Waals surface area contributed by atoms with Crippen molar-refractivity contribution in [2.24, 2.45) is 0 Å². The average molecular weight is 1510 g/mol. The van der Waals surface area contributed by atoms with Crippen molar-refractivity contribution in [1.29, 1.82) is 5.26 Å². The minimum atomic E-state index is -0.338. The average Bonchev–Trinajstić information content (AvgIpc) is 1.39. The van der Waals surface area contributed by atoms with Gasteiger partial charge in [0.05, 0.1) is 79.8 Å². The first-order valence-corrected chi connectivity index (χ1v) is 34.2. The van der Waals surface area contributed by atoms with Crippen molar-refractivity contribution in [2.75, 3.05) is 22.9 Å². The highest BCUT2D eigenvalue weighted by Gasteiger charge is 2.51. The first kappa shape index (κ1) is 70.5. The van der Waals surface area contributed by atoms with E-state index in [0.717, 1.165) is 116 Å². The van der Waals surface area contributed by atoms with E-state index in [9.17, 15) is 5.26 Å². The zero-order valence-electron chi connectivity index (χ0n) is 56.8. The van der Waals surface area contributed by atoms with E-state index in [0.29, 0.717) is 38.0 Å². The summed E-state index contributed by atoms with van der Waals surface area (Å²) < 4.78 is 13.3. The summed E-state index contributed by atoms with van der Waals surface area (Å²) in [6.45, 7) is 8.21. The molecule has 0 radical (unpaired) electrons. The van der Waals surface area contributed by atoms with Crippen molar-refractivity contribution in [3.8, 4) is 84.9 Å². The van der Waals surface area contributed by atoms with Crippen LogP contribution in [0, 0.1) is 11.3 Å². The van der Waals surface area contributed by atoms with E-state index < -0.39 is 0 Å². The van der Waals surface area contributed by atoms with E-state index in [-0.39, 0.29) is 29.8 Å². The maximum absolute atomic E-state index is 9.27. The number of rotatable bonds is 8. The Morgan fingerprint density at radius 1 is 0.343 bits per heavy atom. The number of anilines is 4. The highest BCUT2D eigenvalue weighted by molar-refractivity contribution is 9.10. The van der Waals surface area contributed by atoms with Gasteiger partial charge in [0.15, 0.2) is 17.3 Å². The molecule has 0 bridgehead atoms. The van der Waals surface area contributed by atoms with Crippen molar-refractivity contribution in [1.82, 2.24) is 79.7 Å². The Morgan fingerprint density at radius 2 is 0.695 bits per heavy atom. The second-order valence-electron chi connectivity index (χ2n) is 24.6. The molecule has 23 nitrogen and oxygen atoms in total. The molecule has 1 saturated heterocycles. The number of benzene rings is 8. The van der Waals surface area contributed by atoms with E-state index in [4.69, 9.17) is 32.2 Å². The summed E-state index contributed by atoms with van der Waals surface area (Å²) in [5, 5.41) is 13.1. The van der Waals surface area contributed by atoms with Crippen LogP contribution in [0.2, 0.25) is 0 Å². The molecule has 0 spiro atoms. The van der Waals surface area contributed by atoms with Gasteiger partial charge >= 0.3 is 7.12 Å². The van der Waals surface area contributed by atoms with E-state index in [1.54, 1.807) is 43.6 Å². The quantitative estimate of drug-likeness (QED) is 0.103. The second-order valence-corrected chi connectivity index (χ2v) is 26.1. The Kier molecular flexibility index (Phi) is 21.2. The molecule has 0 saturated carbocycles. The van der Waals surface area contributed by atoms with Gasteiger partial charge in [0, 0.05) is 85.3 Å². The summed E-state index contributed by atoms with van der Waals surface area (Å²) in [7, 11) is -0.338. The lowest BCUT2D eigenvalue weighted by Gasteiger charge is -2.32. The van der Waals surface area contributed by atoms with Crippen LogP contribution in [0.15, 0.2) is 266 Å². The molecule has 8 N–H and O–H groups in total. The normalized spacial score (nSPS) is 12.5. The lowest BCUT2D eigenvalue weighted by atomic mass is 9.78. The summed E-state index contributed by atoms with van der Waals surface area (Å²) in [5.74, 6) is 1.31. The van der Waals surface area contributed by atoms with E-state index in [1.807, 2.05) is 200 Å². The Bertz CT molecular complexity index is 5820. The fraction of sp³-hybridized carbons (Fsp3) is 0.0759. The van der Waals surface area contributed by atoms with E-state index in [2.05, 4.69) is 139 Å². The second kappa shape index (κ2) is 31.5. The molecule has 8 aromatic carbocycles. The maximum Gasteiger partial charge on any atom is 0.494 e. The Balaban J connectivity index is 0.000000118. The van der Waals surface area contributed by atoms with Gasteiger partial charge in [0.2, 0.25) is 0 Å². The van der Waals surface area contributed by atoms with Gasteiger partial charge in [-0.25, -0.2) is 74.8 Å². The highest BCUT2D eigenvalue weighted by atomic mass is 79.9. The van der Waals surface area contributed by atoms with Crippen LogP contribution in [0.4, 0.5) is 23.3 Å². The Labute approximate surface area is 619 Å². The molecule has 0 unspecified atom stereocenters. The van der Waals surface area contributed by atoms with Crippen molar-refractivity contribution in [3.05, 3.63) is 272 Å². The van der Waals surface area contributed by atoms with E-state index >= 15 is 0 Å². The van der Waals surface area contributed by atoms with E-state index in [1.165, 1.54) is 18.9 Å². The minimum Gasteiger partial charge on any atom is -0.399 e. The van der Waals surface area contributed by atoms with Gasteiger partial charge in [-0.15, -0.1) is 0 Å². The van der Waals surface area contributed by atoms with Crippen LogP contribution < -0.4 is 28.4 Å². The number of nitriles is 1. The molecule has 512 valence electrons. The van der Waals surface area contributed by atoms with Crippen LogP contribution in [0.1, 0.15) is 33.4 Å². The van der Waals surface area contributed by atoms with Crippen molar-refractivity contribution >= 4 is 111 Å². The third-order valence-corrected chi connectivity index (χ3v) is 18.2. The standard InChI is InChI=1S/C19H12N6.C18H12BrN5.C18H13N5.C14H17BN2O2.C10H8BrN3/c20-9-16-19(21)25-17(12-4-2-1-3-5-12)18(24-16)13-6-7-15-14(8-13)10-22-11-23-15;19-17-18(20)24-15(11-4-2-1-3-5-11)16(23-17)12-6-7-14-13(8-12)9-21-10-22-14;19-16-10-21-17(18(23-16)12-4-2-1-3-5-12)13-6-7-15-14(8-13)9-20-11-22-15;1-13(2)14(3,4)19-15(18-13)11-5-6-12-10(7-11)8-16-9-17-12;11-10-9(14-8(12)6-13-10)7-4-2-1-3-5-7/h1-8,10-11H,(H2,21,25);1-10H,(H2,20,24);1-11H,(H2,19,23);5-9H,1-4H3;1-6H,(H2,12,14). The monoisotopic (exact) mass is 1510 g/mol. The zero-order chi connectivity index (χ0) is 73.0. The molecule has 0 atom stereocenters. The first-order valence-electron chi connectivity index (χ1n) is 32.6. The van der Waals surface area contributed by atoms with Gasteiger partial charge in [-0.3, -0.25) is 4.98 Å². The van der Waals surface area contributed by atoms with Crippen molar-refractivity contribution in [3.63, 3.8) is 0 Å². The van der Waals surface area contributed by atoms with Gasteiger partial charge in [0.25, 0.3) is 0 Å². The molecular weight excluding hydrogens is 1450 g/mol.